The molecule has 34 heavy (non-hydrogen) atoms. The molecule has 2 aromatic heterocycles. The van der Waals surface area contributed by atoms with E-state index < -0.39 is 11.7 Å². The third-order valence-electron chi connectivity index (χ3n) is 5.13. The van der Waals surface area contributed by atoms with Crippen LogP contribution < -0.4 is 11.1 Å². The van der Waals surface area contributed by atoms with Crippen molar-refractivity contribution >= 4 is 29.4 Å². The number of benzene rings is 1. The van der Waals surface area contributed by atoms with Crippen molar-refractivity contribution in [1.29, 1.82) is 0 Å². The van der Waals surface area contributed by atoms with E-state index >= 15 is 0 Å². The average Bonchev–Trinajstić information content (AvgIpc) is 2.99. The molecule has 1 fully saturated rings. The molecule has 3 heterocycles. The highest BCUT2D eigenvalue weighted by Gasteiger charge is 2.28. The van der Waals surface area contributed by atoms with E-state index in [9.17, 15) is 14.4 Å². The van der Waals surface area contributed by atoms with Crippen molar-refractivity contribution in [1.82, 2.24) is 24.8 Å². The summed E-state index contributed by atoms with van der Waals surface area (Å²) in [6.07, 6.45) is 3.25. The monoisotopic (exact) mass is 471 g/mol. The number of amides is 2. The van der Waals surface area contributed by atoms with Crippen LogP contribution in [-0.2, 0) is 32.2 Å². The highest BCUT2D eigenvalue weighted by molar-refractivity contribution is 5.82. The normalized spacial score (nSPS) is 15.7. The van der Waals surface area contributed by atoms with Gasteiger partial charge in [-0.25, -0.2) is 4.79 Å². The summed E-state index contributed by atoms with van der Waals surface area (Å²) >= 11 is 0. The molecular weight excluding hydrogens is 446 g/mol. The van der Waals surface area contributed by atoms with Gasteiger partial charge < -0.3 is 24.5 Å². The maximum Gasteiger partial charge on any atom is 0.420 e. The molecule has 1 aromatic carbocycles. The molecule has 1 atom stereocenters. The third-order valence-corrected chi connectivity index (χ3v) is 5.13. The Morgan fingerprint density at radius 1 is 1.26 bits per heavy atom. The van der Waals surface area contributed by atoms with Gasteiger partial charge in [-0.1, -0.05) is 12.1 Å². The van der Waals surface area contributed by atoms with Crippen LogP contribution >= 0.6 is 0 Å². The Hall–Kier alpha value is -4.06. The third kappa shape index (κ3) is 6.25. The highest BCUT2D eigenvalue weighted by Crippen LogP contribution is 2.13. The highest BCUT2D eigenvalue weighted by atomic mass is 16.5. The molecule has 12 heteroatoms. The molecule has 3 aromatic rings. The van der Waals surface area contributed by atoms with E-state index in [1.54, 1.807) is 41.6 Å². The van der Waals surface area contributed by atoms with Crippen LogP contribution in [0.25, 0.3) is 11.1 Å². The molecule has 12 nitrogen and oxygen atoms in total. The van der Waals surface area contributed by atoms with Gasteiger partial charge in [-0.05, 0) is 19.1 Å². The number of oxazole rings is 1. The van der Waals surface area contributed by atoms with Gasteiger partial charge in [0.15, 0.2) is 5.58 Å². The number of nitrogens with zero attached hydrogens (tertiary/aromatic N) is 4. The molecule has 1 aliphatic heterocycles. The van der Waals surface area contributed by atoms with E-state index in [2.05, 4.69) is 15.3 Å². The van der Waals surface area contributed by atoms with Gasteiger partial charge in [0, 0.05) is 19.3 Å². The van der Waals surface area contributed by atoms with E-state index in [1.807, 2.05) is 6.92 Å². The van der Waals surface area contributed by atoms with Gasteiger partial charge in [-0.3, -0.25) is 28.9 Å². The molecule has 1 aliphatic rings. The van der Waals surface area contributed by atoms with Gasteiger partial charge in [0.05, 0.1) is 48.8 Å². The minimum atomic E-state index is -0.589. The summed E-state index contributed by atoms with van der Waals surface area (Å²) in [5, 5.41) is 9.71. The minimum absolute atomic E-state index is 0.164. The smallest absolute Gasteiger partial charge is 0.420 e. The summed E-state index contributed by atoms with van der Waals surface area (Å²) in [5.74, 6) is -1.62. The molecule has 0 aliphatic carbocycles. The number of nitrogens with one attached hydrogen (secondary N) is 1. The number of carbonyl (C=O) groups excluding carboxylic acids is 2. The molecule has 0 saturated carbocycles. The van der Waals surface area contributed by atoms with Crippen LogP contribution in [0.2, 0.25) is 0 Å². The molecule has 0 spiro atoms. The molecule has 0 radical (unpaired) electrons. The lowest BCUT2D eigenvalue weighted by atomic mass is 10.1. The quantitative estimate of drug-likeness (QED) is 0.496. The Balaban J connectivity index is 0.00000103. The second-order valence-corrected chi connectivity index (χ2v) is 7.51. The van der Waals surface area contributed by atoms with Gasteiger partial charge in [0.2, 0.25) is 11.8 Å². The van der Waals surface area contributed by atoms with E-state index in [1.165, 1.54) is 4.57 Å². The number of ether oxygens (including phenoxy) is 1. The van der Waals surface area contributed by atoms with Crippen LogP contribution in [-0.4, -0.2) is 69.1 Å². The fourth-order valence-electron chi connectivity index (χ4n) is 3.43. The number of para-hydroxylation sites is 2. The largest absolute Gasteiger partial charge is 0.483 e. The molecule has 180 valence electrons. The lowest BCUT2D eigenvalue weighted by Gasteiger charge is -2.23. The second kappa shape index (κ2) is 11.7. The predicted molar refractivity (Wildman–Crippen MR) is 119 cm³/mol. The summed E-state index contributed by atoms with van der Waals surface area (Å²) in [6, 6.07) is 6.94. The second-order valence-electron chi connectivity index (χ2n) is 7.51. The van der Waals surface area contributed by atoms with Crippen LogP contribution in [0.1, 0.15) is 11.4 Å². The van der Waals surface area contributed by atoms with E-state index in [0.717, 1.165) is 5.69 Å². The number of aryl methyl sites for hydroxylation is 1. The molecule has 1 saturated heterocycles. The first-order valence-electron chi connectivity index (χ1n) is 10.5. The first-order chi connectivity index (χ1) is 16.4. The number of hydrogen-bond donors (Lipinski definition) is 2. The predicted octanol–water partition coefficient (Wildman–Crippen LogP) is 0.185. The van der Waals surface area contributed by atoms with E-state index in [-0.39, 0.29) is 44.5 Å². The summed E-state index contributed by atoms with van der Waals surface area (Å²) in [4.78, 5) is 56.0. The van der Waals surface area contributed by atoms with Crippen molar-refractivity contribution in [3.8, 4) is 0 Å². The zero-order chi connectivity index (χ0) is 24.5. The maximum atomic E-state index is 12.9. The van der Waals surface area contributed by atoms with Crippen LogP contribution in [0.4, 0.5) is 0 Å². The van der Waals surface area contributed by atoms with Crippen molar-refractivity contribution < 1.29 is 28.6 Å². The van der Waals surface area contributed by atoms with Crippen molar-refractivity contribution in [3.63, 3.8) is 0 Å². The fourth-order valence-corrected chi connectivity index (χ4v) is 3.43. The topological polar surface area (TPSA) is 157 Å². The Bertz CT molecular complexity index is 1190. The Labute approximate surface area is 194 Å². The zero-order valence-electron chi connectivity index (χ0n) is 18.5. The van der Waals surface area contributed by atoms with Gasteiger partial charge >= 0.3 is 5.76 Å². The summed E-state index contributed by atoms with van der Waals surface area (Å²) in [7, 11) is 0. The molecule has 1 unspecified atom stereocenters. The van der Waals surface area contributed by atoms with E-state index in [0.29, 0.717) is 29.9 Å². The van der Waals surface area contributed by atoms with Gasteiger partial charge in [-0.2, -0.15) is 0 Å². The molecular formula is C22H25N5O7. The van der Waals surface area contributed by atoms with Crippen molar-refractivity contribution in [2.75, 3.05) is 26.3 Å². The number of aromatic nitrogens is 3. The first kappa shape index (κ1) is 24.6. The van der Waals surface area contributed by atoms with Crippen LogP contribution in [0.5, 0.6) is 0 Å². The van der Waals surface area contributed by atoms with Gasteiger partial charge in [-0.15, -0.1) is 0 Å². The molecule has 4 rings (SSSR count). The molecule has 2 N–H and O–H groups in total. The minimum Gasteiger partial charge on any atom is -0.483 e. The van der Waals surface area contributed by atoms with E-state index in [4.69, 9.17) is 19.1 Å². The zero-order valence-corrected chi connectivity index (χ0v) is 18.5. The lowest BCUT2D eigenvalue weighted by Crippen LogP contribution is -2.43. The van der Waals surface area contributed by atoms with Crippen LogP contribution in [0.15, 0.2) is 45.9 Å². The summed E-state index contributed by atoms with van der Waals surface area (Å²) in [6.45, 7) is 2.75. The number of carbonyl (C=O) groups is 3. The Morgan fingerprint density at radius 2 is 2.03 bits per heavy atom. The summed E-state index contributed by atoms with van der Waals surface area (Å²) in [5.41, 5.74) is 2.43. The number of rotatable bonds is 5. The fraction of sp³-hybridized carbons (Fsp3) is 0.364. The van der Waals surface area contributed by atoms with Crippen molar-refractivity contribution in [2.24, 2.45) is 5.92 Å². The van der Waals surface area contributed by atoms with Crippen LogP contribution in [0, 0.1) is 12.8 Å². The SMILES string of the molecule is Cc1cnc(CNC(=O)C2COCCN(C(=O)Cn3c(=O)oc4ccccc43)C2)cn1.O=CO. The van der Waals surface area contributed by atoms with Gasteiger partial charge in [0.1, 0.15) is 6.54 Å². The Kier molecular flexibility index (Phi) is 8.46. The number of fused-ring (bicyclic) bond motifs is 1. The standard InChI is InChI=1S/C21H23N5O5.CH2O2/c1-14-8-23-16(9-22-14)10-24-20(28)15-11-25(6-7-30-13-15)19(27)12-26-17-4-2-3-5-18(17)31-21(26)29;2-1-3/h2-5,8-9,15H,6-7,10-13H2,1H3,(H,24,28);1H,(H,2,3). The van der Waals surface area contributed by atoms with Crippen LogP contribution in [0.3, 0.4) is 0 Å². The Morgan fingerprint density at radius 3 is 2.76 bits per heavy atom. The first-order valence-corrected chi connectivity index (χ1v) is 10.5. The van der Waals surface area contributed by atoms with Crippen molar-refractivity contribution in [2.45, 2.75) is 20.0 Å². The van der Waals surface area contributed by atoms with Crippen molar-refractivity contribution in [3.05, 3.63) is 58.6 Å². The van der Waals surface area contributed by atoms with Gasteiger partial charge in [0.25, 0.3) is 6.47 Å². The number of carboxylic acid groups (broad SMARTS) is 1. The lowest BCUT2D eigenvalue weighted by molar-refractivity contribution is -0.133. The molecule has 2 amide bonds. The maximum absolute atomic E-state index is 12.9. The molecule has 0 bridgehead atoms. The number of hydrogen-bond acceptors (Lipinski definition) is 8. The average molecular weight is 471 g/mol. The summed E-state index contributed by atoms with van der Waals surface area (Å²) < 4.78 is 12.0.